The molecule has 1 aliphatic rings. The number of likely N-dealkylation sites (tertiary alicyclic amines) is 1. The summed E-state index contributed by atoms with van der Waals surface area (Å²) in [5.41, 5.74) is 6.94. The molecule has 0 spiro atoms. The molecule has 0 atom stereocenters. The van der Waals surface area contributed by atoms with E-state index >= 15 is 0 Å². The van der Waals surface area contributed by atoms with E-state index in [1.165, 1.54) is 37.9 Å². The maximum Gasteiger partial charge on any atom is 0.0299 e. The largest absolute Gasteiger partial charge is 0.329 e. The second-order valence-corrected chi connectivity index (χ2v) is 4.64. The molecule has 0 aliphatic carbocycles. The van der Waals surface area contributed by atoms with Crippen molar-refractivity contribution in [2.75, 3.05) is 26.2 Å². The van der Waals surface area contributed by atoms with Gasteiger partial charge in [-0.2, -0.15) is 0 Å². The molecule has 3 heteroatoms. The van der Waals surface area contributed by atoms with Gasteiger partial charge in [-0.3, -0.25) is 4.98 Å². The SMILES string of the molecule is NCCN1CCC(Cc2cccnc2)CC1. The molecule has 0 saturated carbocycles. The highest BCUT2D eigenvalue weighted by molar-refractivity contribution is 5.09. The predicted octanol–water partition coefficient (Wildman–Crippen LogP) is 1.29. The zero-order chi connectivity index (χ0) is 11.2. The summed E-state index contributed by atoms with van der Waals surface area (Å²) in [7, 11) is 0. The Morgan fingerprint density at radius 1 is 1.38 bits per heavy atom. The van der Waals surface area contributed by atoms with Gasteiger partial charge >= 0.3 is 0 Å². The van der Waals surface area contributed by atoms with Crippen molar-refractivity contribution in [3.8, 4) is 0 Å². The van der Waals surface area contributed by atoms with Crippen molar-refractivity contribution in [3.63, 3.8) is 0 Å². The van der Waals surface area contributed by atoms with Crippen LogP contribution >= 0.6 is 0 Å². The van der Waals surface area contributed by atoms with Crippen LogP contribution in [0.1, 0.15) is 18.4 Å². The lowest BCUT2D eigenvalue weighted by molar-refractivity contribution is 0.188. The number of nitrogens with zero attached hydrogens (tertiary/aromatic N) is 2. The molecule has 16 heavy (non-hydrogen) atoms. The third kappa shape index (κ3) is 3.29. The molecule has 2 N–H and O–H groups in total. The number of rotatable bonds is 4. The smallest absolute Gasteiger partial charge is 0.0299 e. The van der Waals surface area contributed by atoms with Crippen LogP contribution < -0.4 is 5.73 Å². The molecule has 0 unspecified atom stereocenters. The summed E-state index contributed by atoms with van der Waals surface area (Å²) in [5.74, 6) is 0.832. The van der Waals surface area contributed by atoms with E-state index in [1.807, 2.05) is 18.5 Å². The van der Waals surface area contributed by atoms with E-state index in [0.29, 0.717) is 0 Å². The van der Waals surface area contributed by atoms with Gasteiger partial charge in [-0.15, -0.1) is 0 Å². The topological polar surface area (TPSA) is 42.1 Å². The highest BCUT2D eigenvalue weighted by Crippen LogP contribution is 2.20. The zero-order valence-corrected chi connectivity index (χ0v) is 9.81. The summed E-state index contributed by atoms with van der Waals surface area (Å²) >= 11 is 0. The Morgan fingerprint density at radius 2 is 2.19 bits per heavy atom. The number of nitrogens with two attached hydrogens (primary N) is 1. The first-order valence-electron chi connectivity index (χ1n) is 6.20. The molecule has 2 rings (SSSR count). The van der Waals surface area contributed by atoms with Crippen LogP contribution in [0.15, 0.2) is 24.5 Å². The number of pyridine rings is 1. The Bertz CT molecular complexity index is 291. The summed E-state index contributed by atoms with van der Waals surface area (Å²) in [6.07, 6.45) is 7.62. The van der Waals surface area contributed by atoms with Gasteiger partial charge in [-0.1, -0.05) is 6.07 Å². The number of piperidine rings is 1. The van der Waals surface area contributed by atoms with E-state index in [0.717, 1.165) is 19.0 Å². The third-order valence-electron chi connectivity index (χ3n) is 3.40. The highest BCUT2D eigenvalue weighted by atomic mass is 15.1. The van der Waals surface area contributed by atoms with Crippen LogP contribution in [0.3, 0.4) is 0 Å². The van der Waals surface area contributed by atoms with Crippen molar-refractivity contribution in [1.82, 2.24) is 9.88 Å². The second-order valence-electron chi connectivity index (χ2n) is 4.64. The van der Waals surface area contributed by atoms with Crippen molar-refractivity contribution in [2.24, 2.45) is 11.7 Å². The lowest BCUT2D eigenvalue weighted by Gasteiger charge is -2.31. The normalized spacial score (nSPS) is 18.8. The first kappa shape index (κ1) is 11.6. The maximum atomic E-state index is 5.57. The highest BCUT2D eigenvalue weighted by Gasteiger charge is 2.18. The van der Waals surface area contributed by atoms with Crippen LogP contribution in [0.2, 0.25) is 0 Å². The Hall–Kier alpha value is -0.930. The molecule has 1 aliphatic heterocycles. The molecule has 1 fully saturated rings. The molecule has 0 bridgehead atoms. The molecule has 1 aromatic heterocycles. The van der Waals surface area contributed by atoms with Gasteiger partial charge in [-0.05, 0) is 49.9 Å². The first-order chi connectivity index (χ1) is 7.88. The van der Waals surface area contributed by atoms with Gasteiger partial charge in [0.2, 0.25) is 0 Å². The summed E-state index contributed by atoms with van der Waals surface area (Å²) in [6, 6.07) is 4.21. The Balaban J connectivity index is 1.77. The van der Waals surface area contributed by atoms with E-state index in [2.05, 4.69) is 16.0 Å². The lowest BCUT2D eigenvalue weighted by atomic mass is 9.91. The first-order valence-corrected chi connectivity index (χ1v) is 6.20. The lowest BCUT2D eigenvalue weighted by Crippen LogP contribution is -2.37. The van der Waals surface area contributed by atoms with Gasteiger partial charge in [0.05, 0.1) is 0 Å². The third-order valence-corrected chi connectivity index (χ3v) is 3.40. The molecule has 1 aromatic rings. The molecule has 2 heterocycles. The van der Waals surface area contributed by atoms with Gasteiger partial charge in [0.25, 0.3) is 0 Å². The van der Waals surface area contributed by atoms with Gasteiger partial charge in [0.1, 0.15) is 0 Å². The van der Waals surface area contributed by atoms with E-state index in [9.17, 15) is 0 Å². The maximum absolute atomic E-state index is 5.57. The molecule has 0 amide bonds. The Labute approximate surface area is 97.7 Å². The summed E-state index contributed by atoms with van der Waals surface area (Å²) in [6.45, 7) is 4.26. The van der Waals surface area contributed by atoms with Gasteiger partial charge in [0, 0.05) is 25.5 Å². The fourth-order valence-electron chi connectivity index (χ4n) is 2.45. The average molecular weight is 219 g/mol. The fraction of sp³-hybridized carbons (Fsp3) is 0.615. The van der Waals surface area contributed by atoms with E-state index in [4.69, 9.17) is 5.73 Å². The molecule has 1 saturated heterocycles. The minimum Gasteiger partial charge on any atom is -0.329 e. The Morgan fingerprint density at radius 3 is 2.81 bits per heavy atom. The average Bonchev–Trinajstić information content (AvgIpc) is 2.33. The van der Waals surface area contributed by atoms with E-state index < -0.39 is 0 Å². The molecule has 3 nitrogen and oxygen atoms in total. The van der Waals surface area contributed by atoms with Crippen LogP contribution in [-0.4, -0.2) is 36.1 Å². The number of hydrogen-bond donors (Lipinski definition) is 1. The van der Waals surface area contributed by atoms with Crippen molar-refractivity contribution < 1.29 is 0 Å². The van der Waals surface area contributed by atoms with Crippen LogP contribution in [0.25, 0.3) is 0 Å². The minimum absolute atomic E-state index is 0.785. The molecule has 0 radical (unpaired) electrons. The summed E-state index contributed by atoms with van der Waals surface area (Å²) in [4.78, 5) is 6.64. The van der Waals surface area contributed by atoms with Gasteiger partial charge in [-0.25, -0.2) is 0 Å². The molecule has 88 valence electrons. The molecular formula is C13H21N3. The monoisotopic (exact) mass is 219 g/mol. The summed E-state index contributed by atoms with van der Waals surface area (Å²) < 4.78 is 0. The van der Waals surface area contributed by atoms with Gasteiger partial charge in [0.15, 0.2) is 0 Å². The van der Waals surface area contributed by atoms with E-state index in [-0.39, 0.29) is 0 Å². The second kappa shape index (κ2) is 5.97. The number of aromatic nitrogens is 1. The fourth-order valence-corrected chi connectivity index (χ4v) is 2.45. The quantitative estimate of drug-likeness (QED) is 0.830. The molecular weight excluding hydrogens is 198 g/mol. The van der Waals surface area contributed by atoms with Crippen LogP contribution in [0.4, 0.5) is 0 Å². The van der Waals surface area contributed by atoms with Gasteiger partial charge < -0.3 is 10.6 Å². The van der Waals surface area contributed by atoms with E-state index in [1.54, 1.807) is 0 Å². The Kier molecular flexibility index (Phi) is 4.31. The van der Waals surface area contributed by atoms with Crippen molar-refractivity contribution in [3.05, 3.63) is 30.1 Å². The van der Waals surface area contributed by atoms with Crippen LogP contribution in [0.5, 0.6) is 0 Å². The minimum atomic E-state index is 0.785. The van der Waals surface area contributed by atoms with Crippen molar-refractivity contribution >= 4 is 0 Å². The van der Waals surface area contributed by atoms with Crippen molar-refractivity contribution in [1.29, 1.82) is 0 Å². The molecule has 0 aromatic carbocycles. The zero-order valence-electron chi connectivity index (χ0n) is 9.81. The van der Waals surface area contributed by atoms with Crippen molar-refractivity contribution in [2.45, 2.75) is 19.3 Å². The predicted molar refractivity (Wildman–Crippen MR) is 66.2 cm³/mol. The van der Waals surface area contributed by atoms with Crippen LogP contribution in [-0.2, 0) is 6.42 Å². The van der Waals surface area contributed by atoms with Crippen LogP contribution in [0, 0.1) is 5.92 Å². The number of hydrogen-bond acceptors (Lipinski definition) is 3. The standard InChI is InChI=1S/C13H21N3/c14-5-9-16-7-3-12(4-8-16)10-13-2-1-6-15-11-13/h1-2,6,11-12H,3-5,7-10,14H2. The summed E-state index contributed by atoms with van der Waals surface area (Å²) in [5, 5.41) is 0.